The van der Waals surface area contributed by atoms with Crippen molar-refractivity contribution in [3.05, 3.63) is 0 Å². The second-order valence-electron chi connectivity index (χ2n) is 16.5. The number of carboxylic acid groups (broad SMARTS) is 1. The molecule has 0 aromatic heterocycles. The Hall–Kier alpha value is -0.770. The largest absolute Gasteiger partial charge is 0.480 e. The lowest BCUT2D eigenvalue weighted by Gasteiger charge is -2.26. The summed E-state index contributed by atoms with van der Waals surface area (Å²) in [5, 5.41) is 17.2. The first-order chi connectivity index (χ1) is 29.3. The van der Waals surface area contributed by atoms with Gasteiger partial charge >= 0.3 is 35.8 Å². The topological polar surface area (TPSA) is 225 Å². The number of carbonyl (C=O) groups is 7. The van der Waals surface area contributed by atoms with Gasteiger partial charge in [-0.2, -0.15) is 0 Å². The minimum absolute atomic E-state index is 0.0634. The second-order valence-corrected chi connectivity index (χ2v) is 31.3. The summed E-state index contributed by atoms with van der Waals surface area (Å²) in [6, 6.07) is 0. The molecule has 1 heterocycles. The first-order valence-corrected chi connectivity index (χ1v) is 26.1. The summed E-state index contributed by atoms with van der Waals surface area (Å²) in [7, 11) is 0. The van der Waals surface area contributed by atoms with E-state index in [0.717, 1.165) is 60.3 Å². The molecule has 2 N–H and O–H groups in total. The molecule has 0 radical (unpaired) electrons. The number of thioether (sulfide) groups is 4. The number of esters is 5. The van der Waals surface area contributed by atoms with Gasteiger partial charge in [0, 0.05) is 13.2 Å². The summed E-state index contributed by atoms with van der Waals surface area (Å²) >= 11 is 24.3. The van der Waals surface area contributed by atoms with Crippen molar-refractivity contribution in [3.63, 3.8) is 0 Å². The van der Waals surface area contributed by atoms with Crippen LogP contribution in [0.5, 0.6) is 0 Å². The minimum Gasteiger partial charge on any atom is -0.480 e. The van der Waals surface area contributed by atoms with Crippen molar-refractivity contribution in [2.75, 3.05) is 52.9 Å². The van der Waals surface area contributed by atoms with Crippen LogP contribution >= 0.6 is 119 Å². The summed E-state index contributed by atoms with van der Waals surface area (Å²) < 4.78 is 30.3. The number of alkyl halides is 3. The quantitative estimate of drug-likeness (QED) is 0.0221. The molecule has 0 atom stereocenters. The van der Waals surface area contributed by atoms with Gasteiger partial charge in [-0.1, -0.05) is 119 Å². The predicted molar refractivity (Wildman–Crippen MR) is 278 cm³/mol. The number of carbonyl (C=O) groups excluding carboxylic acids is 6. The SMILES string of the molecule is C1CCOC1.CC(C)(Br)C(=O)OCCO.CC(C)(Br)C(=O)OCCOC(=O)C(C)(C)SC(=S)SC(C)(C)C(=O)OCCOC(=O)C(C)(C)Br.CC(C)(OC=O)SC(=S)SC(C)(C)C(=O)O. The highest BCUT2D eigenvalue weighted by atomic mass is 79.9. The van der Waals surface area contributed by atoms with Crippen LogP contribution in [0.4, 0.5) is 0 Å². The summed E-state index contributed by atoms with van der Waals surface area (Å²) in [6.45, 7) is 25.0. The van der Waals surface area contributed by atoms with Gasteiger partial charge in [-0.25, -0.2) is 0 Å². The van der Waals surface area contributed by atoms with Crippen molar-refractivity contribution in [2.45, 2.75) is 142 Å². The van der Waals surface area contributed by atoms with E-state index in [2.05, 4.69) is 52.5 Å². The van der Waals surface area contributed by atoms with E-state index in [-0.39, 0.29) is 45.6 Å². The van der Waals surface area contributed by atoms with Crippen LogP contribution in [-0.2, 0) is 66.7 Å². The highest BCUT2D eigenvalue weighted by Crippen LogP contribution is 2.39. The second kappa shape index (κ2) is 32.2. The molecule has 0 unspecified atom stereocenters. The van der Waals surface area contributed by atoms with E-state index >= 15 is 0 Å². The molecule has 1 fully saturated rings. The highest BCUT2D eigenvalue weighted by Gasteiger charge is 2.38. The third kappa shape index (κ3) is 35.1. The van der Waals surface area contributed by atoms with Crippen molar-refractivity contribution >= 4 is 169 Å². The Kier molecular flexibility index (Phi) is 33.9. The van der Waals surface area contributed by atoms with Crippen LogP contribution in [0, 0.1) is 0 Å². The highest BCUT2D eigenvalue weighted by molar-refractivity contribution is 9.10. The van der Waals surface area contributed by atoms with E-state index in [0.29, 0.717) is 13.5 Å². The molecule has 0 aromatic carbocycles. The van der Waals surface area contributed by atoms with Crippen LogP contribution in [0.2, 0.25) is 0 Å². The molecule has 0 saturated carbocycles. The maximum absolute atomic E-state index is 12.4. The molecule has 1 aliphatic rings. The van der Waals surface area contributed by atoms with E-state index in [4.69, 9.17) is 63.1 Å². The number of thiocarbonyl (C=S) groups is 2. The Morgan fingerprint density at radius 3 is 1.09 bits per heavy atom. The summed E-state index contributed by atoms with van der Waals surface area (Å²) in [5.74, 6) is -3.29. The van der Waals surface area contributed by atoms with Crippen LogP contribution in [-0.4, -0.2) is 145 Å². The summed E-state index contributed by atoms with van der Waals surface area (Å²) in [5.41, 5.74) is 0. The third-order valence-electron chi connectivity index (χ3n) is 6.88. The van der Waals surface area contributed by atoms with Crippen LogP contribution in [0.1, 0.15) is 110 Å². The zero-order valence-electron chi connectivity index (χ0n) is 39.3. The maximum atomic E-state index is 12.4. The van der Waals surface area contributed by atoms with Crippen LogP contribution in [0.3, 0.4) is 0 Å². The molecule has 1 saturated heterocycles. The van der Waals surface area contributed by atoms with Gasteiger partial charge in [0.05, 0.1) is 6.61 Å². The number of halogens is 3. The summed E-state index contributed by atoms with van der Waals surface area (Å²) in [6.07, 6.45) is 2.56. The zero-order valence-corrected chi connectivity index (χ0v) is 49.0. The number of aliphatic hydroxyl groups excluding tert-OH is 1. The zero-order chi connectivity index (χ0) is 51.7. The van der Waals surface area contributed by atoms with Gasteiger partial charge in [0.15, 0.2) is 4.93 Å². The monoisotopic (exact) mass is 1230 g/mol. The molecule has 0 amide bonds. The first kappa shape index (κ1) is 68.5. The molecular formula is C40H65Br3O16S6. The standard InChI is InChI=1S/C21H32Br2O8S3.C9H14O4S3.C6H11BrO3.C4H8O/c1-18(2,22)13(24)28-9-11-30-15(26)20(5,6)33-17(32)34-21(7,8)16(27)31-12-10-29-14(25)19(3,4)23;1-8(2,6(11)12)15-7(14)16-9(3,4)13-5-10;1-6(2,7)5(9)10-4-3-8;1-2-4-5-3-1/h9-12H2,1-8H3;5H,1-4H3,(H,11,12);8H,3-4H2,1-2H3;1-4H2. The van der Waals surface area contributed by atoms with Crippen LogP contribution in [0.25, 0.3) is 0 Å². The number of carboxylic acids is 1. The number of aliphatic carboxylic acids is 1. The van der Waals surface area contributed by atoms with E-state index in [1.165, 1.54) is 12.8 Å². The summed E-state index contributed by atoms with van der Waals surface area (Å²) in [4.78, 5) is 79.4. The maximum Gasteiger partial charge on any atom is 0.322 e. The molecule has 0 aliphatic carbocycles. The van der Waals surface area contributed by atoms with E-state index in [1.807, 2.05) is 0 Å². The minimum atomic E-state index is -1.03. The molecule has 1 rings (SSSR count). The normalized spacial score (nSPS) is 13.1. The Labute approximate surface area is 436 Å². The molecule has 1 aliphatic heterocycles. The molecule has 0 bridgehead atoms. The molecule has 378 valence electrons. The van der Waals surface area contributed by atoms with Gasteiger partial charge in [0.25, 0.3) is 6.47 Å². The molecule has 0 aromatic rings. The molecule has 25 heteroatoms. The fraction of sp³-hybridized carbons (Fsp3) is 0.775. The molecule has 65 heavy (non-hydrogen) atoms. The Morgan fingerprint density at radius 2 is 0.831 bits per heavy atom. The number of rotatable bonds is 20. The van der Waals surface area contributed by atoms with Gasteiger partial charge in [0.1, 0.15) is 67.3 Å². The van der Waals surface area contributed by atoms with E-state index in [1.54, 1.807) is 96.9 Å². The molecule has 0 spiro atoms. The van der Waals surface area contributed by atoms with Gasteiger partial charge in [-0.3, -0.25) is 33.6 Å². The lowest BCUT2D eigenvalue weighted by Crippen LogP contribution is -2.35. The van der Waals surface area contributed by atoms with E-state index < -0.39 is 62.0 Å². The van der Waals surface area contributed by atoms with Crippen LogP contribution in [0.15, 0.2) is 0 Å². The van der Waals surface area contributed by atoms with Crippen molar-refractivity contribution in [3.8, 4) is 0 Å². The van der Waals surface area contributed by atoms with E-state index in [9.17, 15) is 33.6 Å². The fourth-order valence-electron chi connectivity index (χ4n) is 3.18. The van der Waals surface area contributed by atoms with Crippen molar-refractivity contribution in [1.29, 1.82) is 0 Å². The Balaban J connectivity index is -0.00000100. The Bertz CT molecular complexity index is 1500. The third-order valence-corrected chi connectivity index (χ3v) is 13.1. The molecular weight excluding hydrogens is 1170 g/mol. The average Bonchev–Trinajstić information content (AvgIpc) is 3.72. The fourth-order valence-corrected chi connectivity index (χ4v) is 10.9. The lowest BCUT2D eigenvalue weighted by atomic mass is 10.2. The van der Waals surface area contributed by atoms with Gasteiger partial charge < -0.3 is 43.4 Å². The number of hydrogen-bond acceptors (Lipinski definition) is 21. The first-order valence-electron chi connectivity index (χ1n) is 19.6. The van der Waals surface area contributed by atoms with Gasteiger partial charge in [-0.05, 0) is 110 Å². The number of hydrogen-bond donors (Lipinski definition) is 2. The average molecular weight is 1230 g/mol. The lowest BCUT2D eigenvalue weighted by molar-refractivity contribution is -0.154. The Morgan fingerprint density at radius 1 is 0.538 bits per heavy atom. The van der Waals surface area contributed by atoms with Gasteiger partial charge in [-0.15, -0.1) is 0 Å². The van der Waals surface area contributed by atoms with Crippen molar-refractivity contribution < 1.29 is 76.9 Å². The smallest absolute Gasteiger partial charge is 0.322 e. The number of ether oxygens (including phenoxy) is 7. The van der Waals surface area contributed by atoms with Crippen molar-refractivity contribution in [2.24, 2.45) is 0 Å². The van der Waals surface area contributed by atoms with Gasteiger partial charge in [0.2, 0.25) is 0 Å². The number of aliphatic hydroxyl groups is 1. The van der Waals surface area contributed by atoms with Crippen LogP contribution < -0.4 is 0 Å². The van der Waals surface area contributed by atoms with Crippen molar-refractivity contribution in [1.82, 2.24) is 0 Å². The predicted octanol–water partition coefficient (Wildman–Crippen LogP) is 8.82. The molecule has 16 nitrogen and oxygen atoms in total.